The highest BCUT2D eigenvalue weighted by molar-refractivity contribution is 7.89. The van der Waals surface area contributed by atoms with E-state index >= 15 is 0 Å². The minimum absolute atomic E-state index is 0.245. The Morgan fingerprint density at radius 1 is 1.00 bits per heavy atom. The predicted octanol–water partition coefficient (Wildman–Crippen LogP) is 3.00. The number of benzene rings is 2. The maximum atomic E-state index is 12.2. The molecule has 1 heterocycles. The van der Waals surface area contributed by atoms with Crippen molar-refractivity contribution in [3.63, 3.8) is 0 Å². The lowest BCUT2D eigenvalue weighted by Crippen LogP contribution is -2.19. The van der Waals surface area contributed by atoms with Crippen LogP contribution in [0.2, 0.25) is 0 Å². The molecule has 27 heavy (non-hydrogen) atoms. The quantitative estimate of drug-likeness (QED) is 0.709. The van der Waals surface area contributed by atoms with E-state index in [2.05, 4.69) is 27.1 Å². The smallest absolute Gasteiger partial charge is 0.240 e. The van der Waals surface area contributed by atoms with Gasteiger partial charge < -0.3 is 4.90 Å². The Morgan fingerprint density at radius 2 is 1.74 bits per heavy atom. The van der Waals surface area contributed by atoms with Gasteiger partial charge in [0.2, 0.25) is 10.0 Å². The van der Waals surface area contributed by atoms with Crippen LogP contribution in [0, 0.1) is 6.92 Å². The van der Waals surface area contributed by atoms with Gasteiger partial charge >= 0.3 is 0 Å². The zero-order valence-corrected chi connectivity index (χ0v) is 16.4. The standard InChI is InChI=1S/C20H22N4O2S/c1-15-9-10-17(13-19(15)27(25,26)21-2)18-11-12-20(23-22-18)24(3)14-16-7-5-4-6-8-16/h4-13,21H,14H2,1-3H3. The molecule has 0 unspecified atom stereocenters. The number of hydrogen-bond donors (Lipinski definition) is 1. The first-order valence-corrected chi connectivity index (χ1v) is 10.0. The van der Waals surface area contributed by atoms with E-state index < -0.39 is 10.0 Å². The van der Waals surface area contributed by atoms with Crippen LogP contribution in [0.3, 0.4) is 0 Å². The fourth-order valence-electron chi connectivity index (χ4n) is 2.78. The average Bonchev–Trinajstić information content (AvgIpc) is 2.69. The van der Waals surface area contributed by atoms with Gasteiger partial charge in [0, 0.05) is 19.2 Å². The minimum atomic E-state index is -3.52. The SMILES string of the molecule is CNS(=O)(=O)c1cc(-c2ccc(N(C)Cc3ccccc3)nn2)ccc1C. The molecule has 1 N–H and O–H groups in total. The maximum Gasteiger partial charge on any atom is 0.240 e. The molecule has 0 aliphatic rings. The van der Waals surface area contributed by atoms with Gasteiger partial charge in [-0.15, -0.1) is 10.2 Å². The Bertz CT molecular complexity index is 1020. The summed E-state index contributed by atoms with van der Waals surface area (Å²) >= 11 is 0. The summed E-state index contributed by atoms with van der Waals surface area (Å²) < 4.78 is 26.7. The molecule has 7 heteroatoms. The van der Waals surface area contributed by atoms with E-state index in [9.17, 15) is 8.42 Å². The third-order valence-corrected chi connectivity index (χ3v) is 5.90. The second-order valence-electron chi connectivity index (χ2n) is 6.31. The van der Waals surface area contributed by atoms with Crippen molar-refractivity contribution in [2.75, 3.05) is 19.0 Å². The Hall–Kier alpha value is -2.77. The van der Waals surface area contributed by atoms with E-state index in [1.54, 1.807) is 19.1 Å². The molecule has 6 nitrogen and oxygen atoms in total. The lowest BCUT2D eigenvalue weighted by molar-refractivity contribution is 0.587. The van der Waals surface area contributed by atoms with Gasteiger partial charge in [-0.25, -0.2) is 13.1 Å². The molecule has 1 aromatic heterocycles. The molecule has 0 amide bonds. The topological polar surface area (TPSA) is 75.2 Å². The molecule has 0 aliphatic heterocycles. The summed E-state index contributed by atoms with van der Waals surface area (Å²) in [6.07, 6.45) is 0. The Labute approximate surface area is 159 Å². The molecule has 0 spiro atoms. The van der Waals surface area contributed by atoms with Crippen LogP contribution >= 0.6 is 0 Å². The highest BCUT2D eigenvalue weighted by Gasteiger charge is 2.16. The lowest BCUT2D eigenvalue weighted by Gasteiger charge is -2.17. The van der Waals surface area contributed by atoms with E-state index in [0.29, 0.717) is 16.8 Å². The van der Waals surface area contributed by atoms with E-state index in [1.165, 1.54) is 12.6 Å². The maximum absolute atomic E-state index is 12.2. The molecule has 0 atom stereocenters. The zero-order chi connectivity index (χ0) is 19.4. The normalized spacial score (nSPS) is 11.4. The minimum Gasteiger partial charge on any atom is -0.354 e. The molecule has 3 rings (SSSR count). The predicted molar refractivity (Wildman–Crippen MR) is 107 cm³/mol. The summed E-state index contributed by atoms with van der Waals surface area (Å²) in [6.45, 7) is 2.49. The van der Waals surface area contributed by atoms with Crippen LogP contribution in [0.5, 0.6) is 0 Å². The summed E-state index contributed by atoms with van der Waals surface area (Å²) in [4.78, 5) is 2.26. The van der Waals surface area contributed by atoms with Crippen molar-refractivity contribution < 1.29 is 8.42 Å². The number of rotatable bonds is 6. The lowest BCUT2D eigenvalue weighted by atomic mass is 10.1. The number of aryl methyl sites for hydroxylation is 1. The summed E-state index contributed by atoms with van der Waals surface area (Å²) in [6, 6.07) is 19.1. The van der Waals surface area contributed by atoms with Crippen LogP contribution in [0.25, 0.3) is 11.3 Å². The van der Waals surface area contributed by atoms with Gasteiger partial charge in [0.05, 0.1) is 10.6 Å². The highest BCUT2D eigenvalue weighted by atomic mass is 32.2. The first-order chi connectivity index (χ1) is 12.9. The molecule has 3 aromatic rings. The summed E-state index contributed by atoms with van der Waals surface area (Å²) in [5.74, 6) is 0.748. The van der Waals surface area contributed by atoms with Gasteiger partial charge in [-0.2, -0.15) is 0 Å². The number of nitrogens with one attached hydrogen (secondary N) is 1. The fraction of sp³-hybridized carbons (Fsp3) is 0.200. The number of anilines is 1. The van der Waals surface area contributed by atoms with E-state index in [0.717, 1.165) is 12.4 Å². The fourth-order valence-corrected chi connectivity index (χ4v) is 3.77. The third-order valence-electron chi connectivity index (χ3n) is 4.35. The average molecular weight is 382 g/mol. The van der Waals surface area contributed by atoms with Gasteiger partial charge in [0.15, 0.2) is 5.82 Å². The van der Waals surface area contributed by atoms with Crippen LogP contribution < -0.4 is 9.62 Å². The van der Waals surface area contributed by atoms with E-state index in [4.69, 9.17) is 0 Å². The highest BCUT2D eigenvalue weighted by Crippen LogP contribution is 2.24. The van der Waals surface area contributed by atoms with Crippen molar-refractivity contribution in [2.45, 2.75) is 18.4 Å². The van der Waals surface area contributed by atoms with Crippen LogP contribution in [-0.2, 0) is 16.6 Å². The molecule has 2 aromatic carbocycles. The molecule has 0 radical (unpaired) electrons. The van der Waals surface area contributed by atoms with Crippen molar-refractivity contribution >= 4 is 15.8 Å². The van der Waals surface area contributed by atoms with Crippen molar-refractivity contribution in [1.29, 1.82) is 0 Å². The monoisotopic (exact) mass is 382 g/mol. The zero-order valence-electron chi connectivity index (χ0n) is 15.5. The van der Waals surface area contributed by atoms with Crippen LogP contribution in [0.1, 0.15) is 11.1 Å². The molecule has 0 aliphatic carbocycles. The number of nitrogens with zero attached hydrogens (tertiary/aromatic N) is 3. The summed E-state index contributed by atoms with van der Waals surface area (Å²) in [5.41, 5.74) is 3.20. The van der Waals surface area contributed by atoms with Gasteiger partial charge in [-0.1, -0.05) is 42.5 Å². The number of hydrogen-bond acceptors (Lipinski definition) is 5. The Kier molecular flexibility index (Phi) is 5.53. The van der Waals surface area contributed by atoms with Crippen LogP contribution in [0.4, 0.5) is 5.82 Å². The second-order valence-corrected chi connectivity index (χ2v) is 8.16. The second kappa shape index (κ2) is 7.85. The van der Waals surface area contributed by atoms with Gasteiger partial charge in [0.1, 0.15) is 0 Å². The summed E-state index contributed by atoms with van der Waals surface area (Å²) in [7, 11) is -0.162. The van der Waals surface area contributed by atoms with Gasteiger partial charge in [0.25, 0.3) is 0 Å². The largest absolute Gasteiger partial charge is 0.354 e. The van der Waals surface area contributed by atoms with Crippen LogP contribution in [0.15, 0.2) is 65.6 Å². The van der Waals surface area contributed by atoms with Crippen molar-refractivity contribution in [3.05, 3.63) is 71.8 Å². The van der Waals surface area contributed by atoms with E-state index in [-0.39, 0.29) is 4.90 Å². The van der Waals surface area contributed by atoms with Crippen molar-refractivity contribution in [1.82, 2.24) is 14.9 Å². The first kappa shape index (κ1) is 19.0. The number of sulfonamides is 1. The van der Waals surface area contributed by atoms with E-state index in [1.807, 2.05) is 48.3 Å². The first-order valence-electron chi connectivity index (χ1n) is 8.54. The molecule has 0 bridgehead atoms. The third kappa shape index (κ3) is 4.32. The van der Waals surface area contributed by atoms with Crippen LogP contribution in [-0.4, -0.2) is 32.7 Å². The number of aromatic nitrogens is 2. The molecule has 0 saturated heterocycles. The Balaban J connectivity index is 1.84. The van der Waals surface area contributed by atoms with Crippen molar-refractivity contribution in [2.24, 2.45) is 0 Å². The molecular weight excluding hydrogens is 360 g/mol. The molecular formula is C20H22N4O2S. The van der Waals surface area contributed by atoms with Crippen molar-refractivity contribution in [3.8, 4) is 11.3 Å². The molecule has 0 saturated carbocycles. The summed E-state index contributed by atoms with van der Waals surface area (Å²) in [5, 5.41) is 8.58. The van der Waals surface area contributed by atoms with Gasteiger partial charge in [-0.3, -0.25) is 0 Å². The molecule has 0 fully saturated rings. The molecule has 140 valence electrons. The Morgan fingerprint density at radius 3 is 2.37 bits per heavy atom. The van der Waals surface area contributed by atoms with Gasteiger partial charge in [-0.05, 0) is 43.3 Å².